The van der Waals surface area contributed by atoms with E-state index in [4.69, 9.17) is 23.2 Å². The number of aromatic nitrogens is 2. The molecule has 34 heavy (non-hydrogen) atoms. The van der Waals surface area contributed by atoms with Crippen LogP contribution in [0.3, 0.4) is 0 Å². The molecule has 2 aromatic carbocycles. The molecule has 0 aliphatic carbocycles. The van der Waals surface area contributed by atoms with Crippen LogP contribution in [-0.2, 0) is 4.79 Å². The first kappa shape index (κ1) is 23.5. The van der Waals surface area contributed by atoms with Crippen molar-refractivity contribution in [2.45, 2.75) is 51.2 Å². The summed E-state index contributed by atoms with van der Waals surface area (Å²) in [7, 11) is 0. The van der Waals surface area contributed by atoms with Crippen LogP contribution in [0.2, 0.25) is 10.0 Å². The molecule has 2 aliphatic heterocycles. The average Bonchev–Trinajstić information content (AvgIpc) is 3.53. The highest BCUT2D eigenvalue weighted by atomic mass is 35.5. The van der Waals surface area contributed by atoms with E-state index in [2.05, 4.69) is 56.7 Å². The van der Waals surface area contributed by atoms with Crippen LogP contribution in [0.25, 0.3) is 11.0 Å². The molecule has 2 fully saturated rings. The maximum atomic E-state index is 13.1. The minimum atomic E-state index is -0.00696. The number of imidazole rings is 1. The van der Waals surface area contributed by atoms with Gasteiger partial charge in [-0.2, -0.15) is 0 Å². The third-order valence-corrected chi connectivity index (χ3v) is 7.91. The monoisotopic (exact) mass is 499 g/mol. The van der Waals surface area contributed by atoms with Gasteiger partial charge in [-0.25, -0.2) is 4.98 Å². The molecule has 3 atom stereocenters. The molecule has 1 N–H and O–H groups in total. The van der Waals surface area contributed by atoms with Crippen LogP contribution in [0.1, 0.15) is 44.7 Å². The largest absolute Gasteiger partial charge is 0.368 e. The minimum absolute atomic E-state index is 0.00696. The van der Waals surface area contributed by atoms with Gasteiger partial charge in [0.15, 0.2) is 0 Å². The summed E-state index contributed by atoms with van der Waals surface area (Å²) < 4.78 is 2.16. The third-order valence-electron chi connectivity index (χ3n) is 7.35. The van der Waals surface area contributed by atoms with E-state index in [9.17, 15) is 4.79 Å². The van der Waals surface area contributed by atoms with Gasteiger partial charge in [0.25, 0.3) is 0 Å². The highest BCUT2D eigenvalue weighted by Crippen LogP contribution is 2.32. The molecule has 180 valence electrons. The molecule has 2 saturated heterocycles. The number of hydrogen-bond acceptors (Lipinski definition) is 4. The van der Waals surface area contributed by atoms with E-state index >= 15 is 0 Å². The lowest BCUT2D eigenvalue weighted by Gasteiger charge is -2.43. The van der Waals surface area contributed by atoms with Crippen molar-refractivity contribution in [1.82, 2.24) is 19.8 Å². The Morgan fingerprint density at radius 1 is 1.21 bits per heavy atom. The van der Waals surface area contributed by atoms with E-state index < -0.39 is 0 Å². The molecule has 0 saturated carbocycles. The number of benzene rings is 2. The van der Waals surface area contributed by atoms with E-state index in [0.717, 1.165) is 67.7 Å². The Bertz CT molecular complexity index is 1190. The van der Waals surface area contributed by atoms with Crippen molar-refractivity contribution in [2.75, 3.05) is 31.1 Å². The SMILES string of the molecule is CC[C@@H]1CN(c2ccc3ncn(C(C)c4ccc(Cl)cc4Cl)c3c2)CCN1C(=O)C1CCCN1. The summed E-state index contributed by atoms with van der Waals surface area (Å²) in [5.41, 5.74) is 4.19. The molecule has 6 nitrogen and oxygen atoms in total. The van der Waals surface area contributed by atoms with Crippen LogP contribution in [0.4, 0.5) is 5.69 Å². The van der Waals surface area contributed by atoms with Crippen molar-refractivity contribution in [3.05, 3.63) is 58.3 Å². The van der Waals surface area contributed by atoms with E-state index in [0.29, 0.717) is 10.0 Å². The number of amides is 1. The van der Waals surface area contributed by atoms with Crippen LogP contribution in [0.5, 0.6) is 0 Å². The van der Waals surface area contributed by atoms with Crippen molar-refractivity contribution in [1.29, 1.82) is 0 Å². The summed E-state index contributed by atoms with van der Waals surface area (Å²) in [6.07, 6.45) is 4.86. The fraction of sp³-hybridized carbons (Fsp3) is 0.462. The number of hydrogen-bond donors (Lipinski definition) is 1. The Morgan fingerprint density at radius 3 is 2.79 bits per heavy atom. The number of rotatable bonds is 5. The minimum Gasteiger partial charge on any atom is -0.368 e. The predicted molar refractivity (Wildman–Crippen MR) is 139 cm³/mol. The first-order valence-corrected chi connectivity index (χ1v) is 12.9. The molecule has 8 heteroatoms. The van der Waals surface area contributed by atoms with Gasteiger partial charge < -0.3 is 19.7 Å². The summed E-state index contributed by atoms with van der Waals surface area (Å²) >= 11 is 12.6. The second kappa shape index (κ2) is 9.76. The lowest BCUT2D eigenvalue weighted by molar-refractivity contribution is -0.136. The number of carbonyl (C=O) groups is 1. The Balaban J connectivity index is 1.39. The first-order chi connectivity index (χ1) is 16.5. The molecule has 1 amide bonds. The van der Waals surface area contributed by atoms with Crippen molar-refractivity contribution in [2.24, 2.45) is 0 Å². The Hall–Kier alpha value is -2.28. The van der Waals surface area contributed by atoms with Gasteiger partial charge in [0.05, 0.1) is 29.4 Å². The van der Waals surface area contributed by atoms with Gasteiger partial charge in [-0.3, -0.25) is 4.79 Å². The van der Waals surface area contributed by atoms with Crippen molar-refractivity contribution >= 4 is 45.8 Å². The summed E-state index contributed by atoms with van der Waals surface area (Å²) in [5.74, 6) is 0.270. The fourth-order valence-electron chi connectivity index (χ4n) is 5.33. The normalized spacial score (nSPS) is 21.9. The maximum absolute atomic E-state index is 13.1. The molecule has 3 heterocycles. The zero-order chi connectivity index (χ0) is 23.8. The highest BCUT2D eigenvalue weighted by Gasteiger charge is 2.34. The number of anilines is 1. The van der Waals surface area contributed by atoms with Crippen molar-refractivity contribution in [3.8, 4) is 0 Å². The van der Waals surface area contributed by atoms with Crippen molar-refractivity contribution in [3.63, 3.8) is 0 Å². The van der Waals surface area contributed by atoms with E-state index in [-0.39, 0.29) is 24.0 Å². The summed E-state index contributed by atoms with van der Waals surface area (Å²) in [5, 5.41) is 4.65. The number of nitrogens with zero attached hydrogens (tertiary/aromatic N) is 4. The number of fused-ring (bicyclic) bond motifs is 1. The summed E-state index contributed by atoms with van der Waals surface area (Å²) in [6, 6.07) is 12.3. The van der Waals surface area contributed by atoms with Crippen LogP contribution >= 0.6 is 23.2 Å². The molecule has 0 spiro atoms. The Morgan fingerprint density at radius 2 is 2.06 bits per heavy atom. The number of nitrogens with one attached hydrogen (secondary N) is 1. The topological polar surface area (TPSA) is 53.4 Å². The van der Waals surface area contributed by atoms with Crippen LogP contribution < -0.4 is 10.2 Å². The summed E-state index contributed by atoms with van der Waals surface area (Å²) in [6.45, 7) is 7.66. The standard InChI is InChI=1S/C26H31Cl2N5O/c1-3-19-15-31(11-12-32(19)26(34)24-5-4-10-29-24)20-7-9-23-25(14-20)33(16-30-23)17(2)21-8-6-18(27)13-22(21)28/h6-9,13-14,16-17,19,24,29H,3-5,10-12,15H2,1-2H3/t17?,19-,24?/m1/s1. The zero-order valence-corrected chi connectivity index (χ0v) is 21.2. The van der Waals surface area contributed by atoms with Gasteiger partial charge in [0.1, 0.15) is 0 Å². The lowest BCUT2D eigenvalue weighted by Crippen LogP contribution is -2.58. The van der Waals surface area contributed by atoms with Gasteiger partial charge in [-0.05, 0) is 68.6 Å². The smallest absolute Gasteiger partial charge is 0.240 e. The molecular formula is C26H31Cl2N5O. The molecule has 1 aromatic heterocycles. The average molecular weight is 500 g/mol. The zero-order valence-electron chi connectivity index (χ0n) is 19.7. The number of carbonyl (C=O) groups excluding carboxylic acids is 1. The van der Waals surface area contributed by atoms with Gasteiger partial charge in [-0.1, -0.05) is 36.2 Å². The van der Waals surface area contributed by atoms with Gasteiger partial charge in [-0.15, -0.1) is 0 Å². The van der Waals surface area contributed by atoms with Gasteiger partial charge in [0.2, 0.25) is 5.91 Å². The molecular weight excluding hydrogens is 469 g/mol. The highest BCUT2D eigenvalue weighted by molar-refractivity contribution is 6.35. The fourth-order valence-corrected chi connectivity index (χ4v) is 5.90. The van der Waals surface area contributed by atoms with Gasteiger partial charge >= 0.3 is 0 Å². The molecule has 5 rings (SSSR count). The molecule has 0 bridgehead atoms. The first-order valence-electron chi connectivity index (χ1n) is 12.2. The molecule has 3 aromatic rings. The lowest BCUT2D eigenvalue weighted by atomic mass is 10.1. The second-order valence-electron chi connectivity index (χ2n) is 9.36. The maximum Gasteiger partial charge on any atom is 0.240 e. The molecule has 2 aliphatic rings. The second-order valence-corrected chi connectivity index (χ2v) is 10.2. The van der Waals surface area contributed by atoms with Crippen LogP contribution in [0, 0.1) is 0 Å². The molecule has 0 radical (unpaired) electrons. The Kier molecular flexibility index (Phi) is 6.74. The third kappa shape index (κ3) is 4.39. The van der Waals surface area contributed by atoms with Crippen LogP contribution in [0.15, 0.2) is 42.7 Å². The summed E-state index contributed by atoms with van der Waals surface area (Å²) in [4.78, 5) is 22.2. The van der Waals surface area contributed by atoms with E-state index in [1.54, 1.807) is 6.07 Å². The molecule has 2 unspecified atom stereocenters. The number of halogens is 2. The van der Waals surface area contributed by atoms with E-state index in [1.807, 2.05) is 18.5 Å². The van der Waals surface area contributed by atoms with Gasteiger partial charge in [0, 0.05) is 41.4 Å². The Labute approximate surface area is 210 Å². The number of piperazine rings is 1. The predicted octanol–water partition coefficient (Wildman–Crippen LogP) is 5.13. The van der Waals surface area contributed by atoms with E-state index in [1.165, 1.54) is 0 Å². The van der Waals surface area contributed by atoms with Crippen molar-refractivity contribution < 1.29 is 4.79 Å². The quantitative estimate of drug-likeness (QED) is 0.528. The van der Waals surface area contributed by atoms with Crippen LogP contribution in [-0.4, -0.2) is 58.6 Å².